The number of aromatic nitrogens is 1. The van der Waals surface area contributed by atoms with Gasteiger partial charge >= 0.3 is 0 Å². The largest absolute Gasteiger partial charge is 0.361 e. The molecule has 7 heteroatoms. The molecule has 3 rings (SSSR count). The minimum Gasteiger partial charge on any atom is -0.361 e. The van der Waals surface area contributed by atoms with Gasteiger partial charge in [-0.1, -0.05) is 23.4 Å². The quantitative estimate of drug-likeness (QED) is 0.850. The summed E-state index contributed by atoms with van der Waals surface area (Å²) in [6.45, 7) is 3.58. The van der Waals surface area contributed by atoms with E-state index < -0.39 is 0 Å². The molecular weight excluding hydrogens is 325 g/mol. The zero-order valence-electron chi connectivity index (χ0n) is 14.1. The van der Waals surface area contributed by atoms with Crippen LogP contribution in [0.3, 0.4) is 0 Å². The number of amides is 2. The van der Waals surface area contributed by atoms with Crippen molar-refractivity contribution in [3.8, 4) is 0 Å². The van der Waals surface area contributed by atoms with E-state index in [4.69, 9.17) is 4.52 Å². The fourth-order valence-corrected chi connectivity index (χ4v) is 2.89. The van der Waals surface area contributed by atoms with Gasteiger partial charge in [0.25, 0.3) is 5.91 Å². The van der Waals surface area contributed by atoms with E-state index in [2.05, 4.69) is 5.16 Å². The average Bonchev–Trinajstić information content (AvgIpc) is 3.07. The van der Waals surface area contributed by atoms with E-state index in [0.717, 1.165) is 0 Å². The van der Waals surface area contributed by atoms with Crippen LogP contribution in [0, 0.1) is 12.7 Å². The van der Waals surface area contributed by atoms with Gasteiger partial charge in [-0.15, -0.1) is 0 Å². The van der Waals surface area contributed by atoms with E-state index in [9.17, 15) is 14.0 Å². The zero-order valence-corrected chi connectivity index (χ0v) is 14.1. The second-order valence-corrected chi connectivity index (χ2v) is 6.09. The van der Waals surface area contributed by atoms with Crippen LogP contribution in [0.25, 0.3) is 0 Å². The Morgan fingerprint density at radius 2 is 1.84 bits per heavy atom. The summed E-state index contributed by atoms with van der Waals surface area (Å²) in [5.74, 6) is 0.0990. The normalized spacial score (nSPS) is 14.6. The highest BCUT2D eigenvalue weighted by atomic mass is 19.1. The highest BCUT2D eigenvalue weighted by Gasteiger charge is 2.26. The molecule has 0 unspecified atom stereocenters. The minimum atomic E-state index is -0.284. The van der Waals surface area contributed by atoms with Gasteiger partial charge in [-0.3, -0.25) is 9.59 Å². The Morgan fingerprint density at radius 3 is 2.48 bits per heavy atom. The molecule has 6 nitrogen and oxygen atoms in total. The van der Waals surface area contributed by atoms with Crippen LogP contribution in [0.2, 0.25) is 0 Å². The van der Waals surface area contributed by atoms with Gasteiger partial charge in [0.2, 0.25) is 5.91 Å². The molecule has 1 aliphatic rings. The van der Waals surface area contributed by atoms with Crippen LogP contribution in [-0.4, -0.2) is 52.9 Å². The highest BCUT2D eigenvalue weighted by Crippen LogP contribution is 2.13. The number of nitrogens with zero attached hydrogens (tertiary/aromatic N) is 3. The zero-order chi connectivity index (χ0) is 17.8. The number of aryl methyl sites for hydroxylation is 2. The maximum absolute atomic E-state index is 13.6. The summed E-state index contributed by atoms with van der Waals surface area (Å²) in [7, 11) is 0. The third kappa shape index (κ3) is 4.04. The highest BCUT2D eigenvalue weighted by molar-refractivity contribution is 5.92. The first kappa shape index (κ1) is 17.1. The molecule has 2 amide bonds. The summed E-state index contributed by atoms with van der Waals surface area (Å²) >= 11 is 0. The van der Waals surface area contributed by atoms with Gasteiger partial charge < -0.3 is 14.3 Å². The first-order chi connectivity index (χ1) is 12.0. The fraction of sp³-hybridized carbons (Fsp3) is 0.389. The molecule has 25 heavy (non-hydrogen) atoms. The molecule has 0 atom stereocenters. The SMILES string of the molecule is Cc1cc(C(=O)N2CCN(C(=O)CCc3ccccc3F)CC2)no1. The summed E-state index contributed by atoms with van der Waals surface area (Å²) in [4.78, 5) is 28.0. The van der Waals surface area contributed by atoms with Crippen LogP contribution in [0.4, 0.5) is 4.39 Å². The number of carbonyl (C=O) groups excluding carboxylic acids is 2. The molecule has 1 aromatic heterocycles. The number of halogens is 1. The van der Waals surface area contributed by atoms with Crippen molar-refractivity contribution in [1.29, 1.82) is 0 Å². The number of rotatable bonds is 4. The van der Waals surface area contributed by atoms with Gasteiger partial charge in [0, 0.05) is 38.7 Å². The van der Waals surface area contributed by atoms with Crippen molar-refractivity contribution in [3.63, 3.8) is 0 Å². The van der Waals surface area contributed by atoms with Gasteiger partial charge in [0.15, 0.2) is 5.69 Å². The first-order valence-electron chi connectivity index (χ1n) is 8.28. The van der Waals surface area contributed by atoms with Crippen LogP contribution < -0.4 is 0 Å². The Kier molecular flexibility index (Phi) is 5.11. The Bertz CT molecular complexity index is 766. The van der Waals surface area contributed by atoms with Crippen molar-refractivity contribution < 1.29 is 18.5 Å². The van der Waals surface area contributed by atoms with Gasteiger partial charge in [-0.05, 0) is 25.0 Å². The van der Waals surface area contributed by atoms with Gasteiger partial charge in [-0.25, -0.2) is 4.39 Å². The molecule has 0 radical (unpaired) electrons. The monoisotopic (exact) mass is 345 g/mol. The van der Waals surface area contributed by atoms with Crippen LogP contribution in [0.5, 0.6) is 0 Å². The summed E-state index contributed by atoms with van der Waals surface area (Å²) in [6.07, 6.45) is 0.639. The summed E-state index contributed by atoms with van der Waals surface area (Å²) in [5.41, 5.74) is 0.836. The standard InChI is InChI=1S/C18H20FN3O3/c1-13-12-16(20-25-13)18(24)22-10-8-21(9-11-22)17(23)7-6-14-4-2-3-5-15(14)19/h2-5,12H,6-11H2,1H3. The second-order valence-electron chi connectivity index (χ2n) is 6.09. The van der Waals surface area contributed by atoms with E-state index >= 15 is 0 Å². The van der Waals surface area contributed by atoms with Crippen LogP contribution >= 0.6 is 0 Å². The molecule has 1 saturated heterocycles. The van der Waals surface area contributed by atoms with Crippen molar-refractivity contribution in [2.75, 3.05) is 26.2 Å². The third-order valence-electron chi connectivity index (χ3n) is 4.33. The lowest BCUT2D eigenvalue weighted by molar-refractivity contribution is -0.132. The fourth-order valence-electron chi connectivity index (χ4n) is 2.89. The molecule has 0 aliphatic carbocycles. The van der Waals surface area contributed by atoms with Gasteiger partial charge in [0.1, 0.15) is 11.6 Å². The Morgan fingerprint density at radius 1 is 1.16 bits per heavy atom. The first-order valence-corrected chi connectivity index (χ1v) is 8.28. The van der Waals surface area contributed by atoms with Crippen molar-refractivity contribution in [3.05, 3.63) is 53.2 Å². The Hall–Kier alpha value is -2.70. The average molecular weight is 345 g/mol. The molecule has 1 fully saturated rings. The molecule has 0 spiro atoms. The molecule has 0 N–H and O–H groups in total. The lowest BCUT2D eigenvalue weighted by Gasteiger charge is -2.34. The maximum atomic E-state index is 13.6. The van der Waals surface area contributed by atoms with Gasteiger partial charge in [0.05, 0.1) is 0 Å². The lowest BCUT2D eigenvalue weighted by Crippen LogP contribution is -2.50. The predicted molar refractivity (Wildman–Crippen MR) is 88.4 cm³/mol. The summed E-state index contributed by atoms with van der Waals surface area (Å²) < 4.78 is 18.5. The molecule has 1 aromatic carbocycles. The maximum Gasteiger partial charge on any atom is 0.276 e. The van der Waals surface area contributed by atoms with Crippen LogP contribution in [0.15, 0.2) is 34.9 Å². The smallest absolute Gasteiger partial charge is 0.276 e. The minimum absolute atomic E-state index is 0.0207. The molecule has 2 aromatic rings. The predicted octanol–water partition coefficient (Wildman–Crippen LogP) is 2.04. The van der Waals surface area contributed by atoms with Crippen molar-refractivity contribution in [1.82, 2.24) is 15.0 Å². The number of benzene rings is 1. The van der Waals surface area contributed by atoms with Crippen molar-refractivity contribution >= 4 is 11.8 Å². The molecule has 0 bridgehead atoms. The molecule has 132 valence electrons. The second kappa shape index (κ2) is 7.46. The number of hydrogen-bond acceptors (Lipinski definition) is 4. The molecular formula is C18H20FN3O3. The van der Waals surface area contributed by atoms with E-state index in [0.29, 0.717) is 43.9 Å². The molecule has 1 aliphatic heterocycles. The third-order valence-corrected chi connectivity index (χ3v) is 4.33. The van der Waals surface area contributed by atoms with Crippen molar-refractivity contribution in [2.24, 2.45) is 0 Å². The number of carbonyl (C=O) groups is 2. The molecule has 2 heterocycles. The van der Waals surface area contributed by atoms with Crippen molar-refractivity contribution in [2.45, 2.75) is 19.8 Å². The Labute approximate surface area is 145 Å². The molecule has 0 saturated carbocycles. The van der Waals surface area contributed by atoms with Crippen LogP contribution in [-0.2, 0) is 11.2 Å². The van der Waals surface area contributed by atoms with E-state index in [-0.39, 0.29) is 29.7 Å². The Balaban J connectivity index is 1.49. The lowest BCUT2D eigenvalue weighted by atomic mass is 10.1. The topological polar surface area (TPSA) is 66.7 Å². The number of piperazine rings is 1. The van der Waals surface area contributed by atoms with Crippen LogP contribution in [0.1, 0.15) is 28.2 Å². The van der Waals surface area contributed by atoms with E-state index in [1.807, 2.05) is 0 Å². The summed E-state index contributed by atoms with van der Waals surface area (Å²) in [5, 5.41) is 3.73. The number of hydrogen-bond donors (Lipinski definition) is 0. The summed E-state index contributed by atoms with van der Waals surface area (Å²) in [6, 6.07) is 8.09. The van der Waals surface area contributed by atoms with E-state index in [1.165, 1.54) is 6.07 Å². The van der Waals surface area contributed by atoms with E-state index in [1.54, 1.807) is 41.0 Å². The van der Waals surface area contributed by atoms with Gasteiger partial charge in [-0.2, -0.15) is 0 Å².